The average molecular weight is 570 g/mol. The number of β-lactam (4-membered cyclic amide) rings is 1. The van der Waals surface area contributed by atoms with Crippen LogP contribution >= 0.6 is 35.5 Å². The molecule has 0 aliphatic carbocycles. The third-order valence-corrected chi connectivity index (χ3v) is 7.08. The Morgan fingerprint density at radius 3 is 2.70 bits per heavy atom. The molecule has 1 aromatic heterocycles. The van der Waals surface area contributed by atoms with E-state index in [1.54, 1.807) is 30.3 Å². The molecule has 1 fully saturated rings. The Kier molecular flexibility index (Phi) is 9.09. The van der Waals surface area contributed by atoms with Gasteiger partial charge in [0, 0.05) is 11.3 Å². The van der Waals surface area contributed by atoms with Gasteiger partial charge in [-0.25, -0.2) is 9.59 Å². The van der Waals surface area contributed by atoms with Gasteiger partial charge in [-0.1, -0.05) is 35.5 Å². The highest BCUT2D eigenvalue weighted by Crippen LogP contribution is 2.40. The van der Waals surface area contributed by atoms with Crippen molar-refractivity contribution in [3.8, 4) is 5.88 Å². The molecule has 0 spiro atoms. The molecule has 0 radical (unpaired) electrons. The molecule has 1 saturated heterocycles. The number of hydrogen-bond acceptors (Lipinski definition) is 12. The van der Waals surface area contributed by atoms with Gasteiger partial charge in [-0.2, -0.15) is 4.98 Å². The minimum absolute atomic E-state index is 0. The molecular formula is C21H20ClN5O8S2. The van der Waals surface area contributed by atoms with Crippen LogP contribution in [0.15, 0.2) is 52.1 Å². The van der Waals surface area contributed by atoms with E-state index in [0.29, 0.717) is 5.56 Å². The number of carbonyl (C=O) groups is 4. The van der Waals surface area contributed by atoms with Crippen LogP contribution in [0, 0.1) is 0 Å². The smallest absolute Gasteiger partial charge is 0.352 e. The van der Waals surface area contributed by atoms with Gasteiger partial charge in [0.25, 0.3) is 17.7 Å². The number of aliphatic carboxylic acids is 1. The number of carbonyl (C=O) groups excluding carboxylic acids is 3. The third kappa shape index (κ3) is 6.19. The number of carboxylic acids is 1. The van der Waals surface area contributed by atoms with Gasteiger partial charge in [0.15, 0.2) is 11.2 Å². The number of nitrogens with one attached hydrogen (secondary N) is 1. The number of aliphatic hydroxyl groups is 1. The summed E-state index contributed by atoms with van der Waals surface area (Å²) in [5.74, 6) is -3.48. The fourth-order valence-electron chi connectivity index (χ4n) is 3.44. The van der Waals surface area contributed by atoms with Crippen LogP contribution in [0.5, 0.6) is 5.88 Å². The Bertz CT molecular complexity index is 1250. The lowest BCUT2D eigenvalue weighted by atomic mass is 10.0. The number of anilines is 1. The fraction of sp³-hybridized carbons (Fsp3) is 0.238. The number of benzene rings is 1. The number of ether oxygens (including phenoxy) is 1. The first kappa shape index (κ1) is 27.9. The molecule has 0 bridgehead atoms. The number of hydrogen-bond donors (Lipinski definition) is 4. The van der Waals surface area contributed by atoms with E-state index < -0.39 is 47.9 Å². The Labute approximate surface area is 223 Å². The summed E-state index contributed by atoms with van der Waals surface area (Å²) in [6, 6.07) is 7.13. The van der Waals surface area contributed by atoms with E-state index >= 15 is 0 Å². The van der Waals surface area contributed by atoms with Crippen LogP contribution in [-0.4, -0.2) is 73.8 Å². The topological polar surface area (TPSA) is 194 Å². The number of halogens is 1. The van der Waals surface area contributed by atoms with E-state index in [0.717, 1.165) is 22.5 Å². The van der Waals surface area contributed by atoms with E-state index in [9.17, 15) is 29.4 Å². The Hall–Kier alpha value is -3.66. The van der Waals surface area contributed by atoms with Crippen molar-refractivity contribution in [1.29, 1.82) is 0 Å². The van der Waals surface area contributed by atoms with Gasteiger partial charge in [0.05, 0.1) is 5.38 Å². The molecule has 37 heavy (non-hydrogen) atoms. The van der Waals surface area contributed by atoms with Crippen molar-refractivity contribution in [2.75, 3.05) is 18.1 Å². The van der Waals surface area contributed by atoms with E-state index in [-0.39, 0.29) is 40.4 Å². The predicted molar refractivity (Wildman–Crippen MR) is 135 cm³/mol. The molecule has 16 heteroatoms. The summed E-state index contributed by atoms with van der Waals surface area (Å²) in [6.45, 7) is -0.421. The average Bonchev–Trinajstić information content (AvgIpc) is 3.29. The standard InChI is InChI=1S/C21H19N5O8S2.ClH/c22-21-25-13(9-36-21)34-23-6-12(27)24-14-17(29)26-15(19(30)31)11(8-35-18(14)26)7-33-20(32)16(28)10-4-2-1-3-5-10;/h1-6,9,14,16,18,28H,7-8H2,(H2,22,25)(H,24,27)(H,30,31);1H/b23-6+;. The molecule has 3 heterocycles. The quantitative estimate of drug-likeness (QED) is 0.142. The normalized spacial score (nSPS) is 19.4. The first-order chi connectivity index (χ1) is 17.3. The van der Waals surface area contributed by atoms with Crippen LogP contribution in [0.1, 0.15) is 11.7 Å². The Morgan fingerprint density at radius 1 is 1.32 bits per heavy atom. The van der Waals surface area contributed by atoms with Gasteiger partial charge in [-0.3, -0.25) is 14.5 Å². The SMILES string of the molecule is Cl.Nc1nc(O/N=C/C(=O)NC2C(=O)N3C(C(=O)O)=C(COC(=O)C(O)c4ccccc4)CSC23)cs1. The first-order valence-corrected chi connectivity index (χ1v) is 12.2. The van der Waals surface area contributed by atoms with Crippen molar-refractivity contribution in [2.24, 2.45) is 5.16 Å². The molecule has 0 saturated carbocycles. The molecule has 4 rings (SSSR count). The molecule has 13 nitrogen and oxygen atoms in total. The van der Waals surface area contributed by atoms with Gasteiger partial charge >= 0.3 is 11.9 Å². The number of thioether (sulfide) groups is 1. The summed E-state index contributed by atoms with van der Waals surface area (Å²) in [6.07, 6.45) is -0.719. The maximum Gasteiger partial charge on any atom is 0.352 e. The van der Waals surface area contributed by atoms with Gasteiger partial charge in [0.2, 0.25) is 0 Å². The van der Waals surface area contributed by atoms with Crippen LogP contribution in [0.4, 0.5) is 5.13 Å². The number of esters is 1. The van der Waals surface area contributed by atoms with E-state index in [4.69, 9.17) is 15.3 Å². The van der Waals surface area contributed by atoms with E-state index in [1.807, 2.05) is 0 Å². The molecule has 2 aliphatic rings. The fourth-order valence-corrected chi connectivity index (χ4v) is 5.22. The minimum atomic E-state index is -1.53. The zero-order valence-corrected chi connectivity index (χ0v) is 21.1. The number of thiazole rings is 1. The van der Waals surface area contributed by atoms with Crippen molar-refractivity contribution < 1.29 is 39.0 Å². The number of oxime groups is 1. The summed E-state index contributed by atoms with van der Waals surface area (Å²) in [7, 11) is 0. The molecule has 2 aromatic rings. The summed E-state index contributed by atoms with van der Waals surface area (Å²) in [5, 5.41) is 26.9. The second-order valence-corrected chi connectivity index (χ2v) is 9.42. The van der Waals surface area contributed by atoms with Crippen molar-refractivity contribution >= 4 is 70.6 Å². The highest BCUT2D eigenvalue weighted by Gasteiger charge is 2.54. The third-order valence-electron chi connectivity index (χ3n) is 5.09. The number of carboxylic acid groups (broad SMARTS) is 1. The van der Waals surface area contributed by atoms with Crippen LogP contribution < -0.4 is 15.9 Å². The van der Waals surface area contributed by atoms with Crippen molar-refractivity contribution in [3.63, 3.8) is 0 Å². The van der Waals surface area contributed by atoms with Crippen LogP contribution in [0.3, 0.4) is 0 Å². The number of nitrogen functional groups attached to an aromatic ring is 1. The number of rotatable bonds is 9. The van der Waals surface area contributed by atoms with Crippen LogP contribution in [-0.2, 0) is 23.9 Å². The minimum Gasteiger partial charge on any atom is -0.477 e. The molecule has 1 aromatic carbocycles. The number of aliphatic hydroxyl groups excluding tert-OH is 1. The lowest BCUT2D eigenvalue weighted by molar-refractivity contribution is -0.153. The van der Waals surface area contributed by atoms with Gasteiger partial charge in [0.1, 0.15) is 29.9 Å². The van der Waals surface area contributed by atoms with Crippen molar-refractivity contribution in [2.45, 2.75) is 17.5 Å². The molecule has 3 unspecified atom stereocenters. The summed E-state index contributed by atoms with van der Waals surface area (Å²) >= 11 is 2.32. The number of nitrogens with two attached hydrogens (primary N) is 1. The van der Waals surface area contributed by atoms with Gasteiger partial charge in [-0.15, -0.1) is 35.5 Å². The highest BCUT2D eigenvalue weighted by molar-refractivity contribution is 8.00. The Morgan fingerprint density at radius 2 is 2.05 bits per heavy atom. The summed E-state index contributed by atoms with van der Waals surface area (Å²) < 4.78 is 5.12. The monoisotopic (exact) mass is 569 g/mol. The molecular weight excluding hydrogens is 550 g/mol. The lowest BCUT2D eigenvalue weighted by Crippen LogP contribution is -2.70. The van der Waals surface area contributed by atoms with Crippen LogP contribution in [0.2, 0.25) is 0 Å². The molecule has 2 aliphatic heterocycles. The number of amides is 2. The molecule has 196 valence electrons. The van der Waals surface area contributed by atoms with E-state index in [2.05, 4.69) is 15.5 Å². The second-order valence-electron chi connectivity index (χ2n) is 7.42. The lowest BCUT2D eigenvalue weighted by Gasteiger charge is -2.49. The highest BCUT2D eigenvalue weighted by atomic mass is 35.5. The summed E-state index contributed by atoms with van der Waals surface area (Å²) in [4.78, 5) is 58.7. The Balaban J connectivity index is 0.00000380. The predicted octanol–water partition coefficient (Wildman–Crippen LogP) is 0.527. The maximum atomic E-state index is 12.7. The molecule has 2 amide bonds. The van der Waals surface area contributed by atoms with Gasteiger partial charge in [-0.05, 0) is 5.56 Å². The largest absolute Gasteiger partial charge is 0.477 e. The molecule has 5 N–H and O–H groups in total. The number of fused-ring (bicyclic) bond motifs is 1. The van der Waals surface area contributed by atoms with Crippen LogP contribution in [0.25, 0.3) is 0 Å². The number of nitrogens with zero attached hydrogens (tertiary/aromatic N) is 3. The van der Waals surface area contributed by atoms with Crippen molar-refractivity contribution in [1.82, 2.24) is 15.2 Å². The van der Waals surface area contributed by atoms with Gasteiger partial charge < -0.3 is 30.8 Å². The zero-order valence-electron chi connectivity index (χ0n) is 18.7. The van der Waals surface area contributed by atoms with E-state index in [1.165, 1.54) is 17.1 Å². The second kappa shape index (κ2) is 12.1. The zero-order chi connectivity index (χ0) is 25.8. The maximum absolute atomic E-state index is 12.7. The van der Waals surface area contributed by atoms with Crippen molar-refractivity contribution in [3.05, 3.63) is 52.5 Å². The summed E-state index contributed by atoms with van der Waals surface area (Å²) in [5.41, 5.74) is 5.65. The first-order valence-electron chi connectivity index (χ1n) is 10.3. The number of aromatic nitrogens is 1. The molecule has 3 atom stereocenters.